The molecule has 23 heavy (non-hydrogen) atoms. The molecule has 2 amide bonds. The molecule has 6 nitrogen and oxygen atoms in total. The zero-order valence-electron chi connectivity index (χ0n) is 13.0. The average molecular weight is 331 g/mol. The van der Waals surface area contributed by atoms with Gasteiger partial charge in [0.05, 0.1) is 12.1 Å². The molecule has 1 aliphatic carbocycles. The number of hydrogen-bond acceptors (Lipinski definition) is 4. The van der Waals surface area contributed by atoms with Crippen LogP contribution in [0.3, 0.4) is 0 Å². The van der Waals surface area contributed by atoms with E-state index in [1.54, 1.807) is 19.0 Å². The maximum atomic E-state index is 12.8. The van der Waals surface area contributed by atoms with Crippen molar-refractivity contribution in [2.45, 2.75) is 37.9 Å². The number of carbonyl (C=O) groups excluding carboxylic acids is 1. The van der Waals surface area contributed by atoms with Crippen LogP contribution in [-0.4, -0.2) is 42.3 Å². The summed E-state index contributed by atoms with van der Waals surface area (Å²) in [4.78, 5) is 21.6. The van der Waals surface area contributed by atoms with Gasteiger partial charge in [-0.25, -0.2) is 14.8 Å². The van der Waals surface area contributed by atoms with E-state index in [2.05, 4.69) is 20.6 Å². The monoisotopic (exact) mass is 331 g/mol. The third-order valence-corrected chi connectivity index (χ3v) is 3.84. The molecule has 2 N–H and O–H groups in total. The molecule has 1 aromatic heterocycles. The fraction of sp³-hybridized carbons (Fsp3) is 0.643. The van der Waals surface area contributed by atoms with Gasteiger partial charge in [-0.05, 0) is 19.3 Å². The van der Waals surface area contributed by atoms with Gasteiger partial charge in [0.15, 0.2) is 5.82 Å². The van der Waals surface area contributed by atoms with E-state index in [0.29, 0.717) is 24.3 Å². The number of alkyl halides is 3. The highest BCUT2D eigenvalue weighted by Crippen LogP contribution is 2.37. The minimum absolute atomic E-state index is 0.0806. The third kappa shape index (κ3) is 4.70. The summed E-state index contributed by atoms with van der Waals surface area (Å²) in [5.74, 6) is -0.828. The van der Waals surface area contributed by atoms with Gasteiger partial charge < -0.3 is 15.5 Å². The predicted octanol–water partition coefficient (Wildman–Crippen LogP) is 2.79. The number of aromatic nitrogens is 2. The summed E-state index contributed by atoms with van der Waals surface area (Å²) in [6, 6.07) is -1.03. The average Bonchev–Trinajstić information content (AvgIpc) is 2.46. The minimum Gasteiger partial charge on any atom is -0.361 e. The van der Waals surface area contributed by atoms with E-state index < -0.39 is 24.2 Å². The Kier molecular flexibility index (Phi) is 5.27. The van der Waals surface area contributed by atoms with Crippen LogP contribution in [0.15, 0.2) is 12.5 Å². The highest BCUT2D eigenvalue weighted by molar-refractivity contribution is 5.92. The fourth-order valence-corrected chi connectivity index (χ4v) is 2.73. The summed E-state index contributed by atoms with van der Waals surface area (Å²) in [6.45, 7) is 0. The quantitative estimate of drug-likeness (QED) is 0.893. The van der Waals surface area contributed by atoms with Crippen LogP contribution >= 0.6 is 0 Å². The number of halogens is 3. The van der Waals surface area contributed by atoms with Crippen LogP contribution in [0, 0.1) is 5.92 Å². The van der Waals surface area contributed by atoms with Gasteiger partial charge in [-0.1, -0.05) is 6.42 Å². The molecule has 2 atom stereocenters. The smallest absolute Gasteiger partial charge is 0.361 e. The van der Waals surface area contributed by atoms with Crippen LogP contribution in [0.5, 0.6) is 0 Å². The zero-order chi connectivity index (χ0) is 17.0. The Bertz CT molecular complexity index is 549. The molecular formula is C14H20F3N5O. The van der Waals surface area contributed by atoms with E-state index >= 15 is 0 Å². The molecular weight excluding hydrogens is 311 g/mol. The van der Waals surface area contributed by atoms with E-state index in [0.717, 1.165) is 0 Å². The van der Waals surface area contributed by atoms with Crippen LogP contribution in [0.4, 0.5) is 29.5 Å². The van der Waals surface area contributed by atoms with Crippen LogP contribution in [0.2, 0.25) is 0 Å². The van der Waals surface area contributed by atoms with Crippen molar-refractivity contribution < 1.29 is 18.0 Å². The molecule has 0 unspecified atom stereocenters. The highest BCUT2D eigenvalue weighted by Gasteiger charge is 2.42. The van der Waals surface area contributed by atoms with Crippen molar-refractivity contribution in [2.24, 2.45) is 5.92 Å². The summed E-state index contributed by atoms with van der Waals surface area (Å²) < 4.78 is 38.4. The highest BCUT2D eigenvalue weighted by atomic mass is 19.4. The van der Waals surface area contributed by atoms with E-state index in [4.69, 9.17) is 0 Å². The molecule has 1 aliphatic rings. The Morgan fingerprint density at radius 3 is 2.74 bits per heavy atom. The molecule has 1 aromatic rings. The number of hydrogen-bond donors (Lipinski definition) is 2. The minimum atomic E-state index is -4.21. The number of nitrogens with zero attached hydrogens (tertiary/aromatic N) is 3. The molecule has 1 saturated carbocycles. The molecule has 0 bridgehead atoms. The number of anilines is 2. The summed E-state index contributed by atoms with van der Waals surface area (Å²) in [6.07, 6.45) is -0.362. The van der Waals surface area contributed by atoms with E-state index in [-0.39, 0.29) is 12.8 Å². The lowest BCUT2D eigenvalue weighted by Crippen LogP contribution is -2.43. The summed E-state index contributed by atoms with van der Waals surface area (Å²) >= 11 is 0. The molecule has 9 heteroatoms. The van der Waals surface area contributed by atoms with Gasteiger partial charge in [-0.2, -0.15) is 13.2 Å². The summed E-state index contributed by atoms with van der Waals surface area (Å²) in [5, 5.41) is 5.21. The molecule has 0 spiro atoms. The molecule has 1 heterocycles. The van der Waals surface area contributed by atoms with E-state index in [9.17, 15) is 18.0 Å². The van der Waals surface area contributed by atoms with Crippen LogP contribution in [-0.2, 0) is 0 Å². The molecule has 2 rings (SSSR count). The van der Waals surface area contributed by atoms with Gasteiger partial charge in [-0.3, -0.25) is 0 Å². The van der Waals surface area contributed by atoms with Crippen molar-refractivity contribution >= 4 is 17.5 Å². The van der Waals surface area contributed by atoms with Gasteiger partial charge >= 0.3 is 12.2 Å². The van der Waals surface area contributed by atoms with Crippen molar-refractivity contribution in [1.29, 1.82) is 0 Å². The van der Waals surface area contributed by atoms with Gasteiger partial charge in [0, 0.05) is 20.1 Å². The number of amides is 2. The number of urea groups is 1. The first-order valence-electron chi connectivity index (χ1n) is 7.39. The standard InChI is InChI=1S/C14H20F3N5O/c1-22(2)12-11(7-18-8-19-12)21-13(23)20-10-5-3-4-9(6-10)14(15,16)17/h7-10H,3-6H2,1-2H3,(H2,20,21,23)/t9-,10-/m1/s1. The summed E-state index contributed by atoms with van der Waals surface area (Å²) in [5.41, 5.74) is 0.401. The molecule has 0 radical (unpaired) electrons. The van der Waals surface area contributed by atoms with E-state index in [1.807, 2.05) is 0 Å². The fourth-order valence-electron chi connectivity index (χ4n) is 2.73. The van der Waals surface area contributed by atoms with Gasteiger partial charge in [0.25, 0.3) is 0 Å². The Hall–Kier alpha value is -2.06. The van der Waals surface area contributed by atoms with Gasteiger partial charge in [0.2, 0.25) is 0 Å². The second-order valence-corrected chi connectivity index (χ2v) is 5.85. The van der Waals surface area contributed by atoms with Gasteiger partial charge in [0.1, 0.15) is 12.0 Å². The van der Waals surface area contributed by atoms with Crippen molar-refractivity contribution in [3.8, 4) is 0 Å². The summed E-state index contributed by atoms with van der Waals surface area (Å²) in [7, 11) is 3.53. The Morgan fingerprint density at radius 2 is 2.09 bits per heavy atom. The maximum Gasteiger partial charge on any atom is 0.391 e. The molecule has 0 aromatic carbocycles. The van der Waals surface area contributed by atoms with Gasteiger partial charge in [-0.15, -0.1) is 0 Å². The first-order valence-corrected chi connectivity index (χ1v) is 7.39. The number of carbonyl (C=O) groups is 1. The first-order chi connectivity index (χ1) is 10.8. The maximum absolute atomic E-state index is 12.8. The molecule has 128 valence electrons. The second kappa shape index (κ2) is 7.01. The number of rotatable bonds is 3. The van der Waals surface area contributed by atoms with Crippen LogP contribution < -0.4 is 15.5 Å². The lowest BCUT2D eigenvalue weighted by atomic mass is 9.85. The molecule has 1 fully saturated rings. The van der Waals surface area contributed by atoms with Crippen molar-refractivity contribution in [2.75, 3.05) is 24.3 Å². The Labute approximate surface area is 132 Å². The van der Waals surface area contributed by atoms with Crippen molar-refractivity contribution in [1.82, 2.24) is 15.3 Å². The molecule has 0 aliphatic heterocycles. The Balaban J connectivity index is 1.95. The topological polar surface area (TPSA) is 70.2 Å². The lowest BCUT2D eigenvalue weighted by molar-refractivity contribution is -0.183. The lowest BCUT2D eigenvalue weighted by Gasteiger charge is -2.31. The second-order valence-electron chi connectivity index (χ2n) is 5.85. The normalized spacial score (nSPS) is 21.6. The Morgan fingerprint density at radius 1 is 1.35 bits per heavy atom. The SMILES string of the molecule is CN(C)c1ncncc1NC(=O)N[C@@H]1CCC[C@@H](C(F)(F)F)C1. The van der Waals surface area contributed by atoms with Crippen molar-refractivity contribution in [3.05, 3.63) is 12.5 Å². The first kappa shape index (κ1) is 17.3. The largest absolute Gasteiger partial charge is 0.391 e. The number of nitrogens with one attached hydrogen (secondary N) is 2. The van der Waals surface area contributed by atoms with Crippen LogP contribution in [0.25, 0.3) is 0 Å². The zero-order valence-corrected chi connectivity index (χ0v) is 13.0. The van der Waals surface area contributed by atoms with E-state index in [1.165, 1.54) is 12.5 Å². The predicted molar refractivity (Wildman–Crippen MR) is 80.3 cm³/mol. The van der Waals surface area contributed by atoms with Crippen molar-refractivity contribution in [3.63, 3.8) is 0 Å². The molecule has 0 saturated heterocycles. The third-order valence-electron chi connectivity index (χ3n) is 3.84. The van der Waals surface area contributed by atoms with Crippen LogP contribution in [0.1, 0.15) is 25.7 Å².